The Morgan fingerprint density at radius 2 is 1.40 bits per heavy atom. The van der Waals surface area contributed by atoms with Crippen LogP contribution >= 0.6 is 0 Å². The molecule has 1 aliphatic rings. The van der Waals surface area contributed by atoms with Gasteiger partial charge in [0.1, 0.15) is 0 Å². The Balaban J connectivity index is 1.97. The summed E-state index contributed by atoms with van der Waals surface area (Å²) in [5.41, 5.74) is 4.70. The van der Waals surface area contributed by atoms with Crippen molar-refractivity contribution in [3.05, 3.63) is 102 Å². The second kappa shape index (κ2) is 6.36. The van der Waals surface area contributed by atoms with Crippen LogP contribution in [-0.4, -0.2) is 16.4 Å². The topological polar surface area (TPSA) is 29.3 Å². The van der Waals surface area contributed by atoms with Crippen LogP contribution < -0.4 is 0 Å². The van der Waals surface area contributed by atoms with Gasteiger partial charge in [-0.2, -0.15) is 4.84 Å². The maximum atomic E-state index is 12.8. The zero-order chi connectivity index (χ0) is 17.2. The molecule has 1 aliphatic heterocycles. The van der Waals surface area contributed by atoms with Gasteiger partial charge in [-0.1, -0.05) is 66.7 Å². The highest BCUT2D eigenvalue weighted by Crippen LogP contribution is 2.32. The fourth-order valence-electron chi connectivity index (χ4n) is 3.22. The highest BCUT2D eigenvalue weighted by molar-refractivity contribution is 6.15. The van der Waals surface area contributed by atoms with Crippen LogP contribution in [0.3, 0.4) is 0 Å². The molecule has 0 saturated carbocycles. The lowest BCUT2D eigenvalue weighted by Crippen LogP contribution is -2.18. The van der Waals surface area contributed by atoms with E-state index in [0.29, 0.717) is 0 Å². The van der Waals surface area contributed by atoms with Gasteiger partial charge in [0.2, 0.25) is 0 Å². The summed E-state index contributed by atoms with van der Waals surface area (Å²) < 4.78 is 1.69. The second-order valence-electron chi connectivity index (χ2n) is 6.09. The number of nitrogens with zero attached hydrogens (tertiary/aromatic N) is 1. The molecular weight excluding hydrogens is 310 g/mol. The minimum atomic E-state index is -0.441. The number of hydrogen-bond donors (Lipinski definition) is 0. The molecule has 3 aromatic carbocycles. The molecule has 0 aromatic heterocycles. The van der Waals surface area contributed by atoms with Crippen LogP contribution in [0, 0.1) is 6.92 Å². The first kappa shape index (κ1) is 15.3. The van der Waals surface area contributed by atoms with Gasteiger partial charge in [-0.25, -0.2) is 4.79 Å². The Bertz CT molecular complexity index is 946. The molecule has 1 unspecified atom stereocenters. The van der Waals surface area contributed by atoms with E-state index in [4.69, 9.17) is 4.84 Å². The smallest absolute Gasteiger partial charge is 0.243 e. The van der Waals surface area contributed by atoms with E-state index in [1.165, 1.54) is 0 Å². The molecule has 0 bridgehead atoms. The SMILES string of the molecule is Cc1ccccc1[N+]1=C(c2ccccc2)C(c2ccccc2)C(=O)O1. The largest absolute Gasteiger partial charge is 0.398 e. The van der Waals surface area contributed by atoms with Crippen molar-refractivity contribution in [3.63, 3.8) is 0 Å². The van der Waals surface area contributed by atoms with Crippen LogP contribution in [0.5, 0.6) is 0 Å². The van der Waals surface area contributed by atoms with Crippen LogP contribution in [0.2, 0.25) is 0 Å². The van der Waals surface area contributed by atoms with Crippen LogP contribution in [-0.2, 0) is 9.63 Å². The summed E-state index contributed by atoms with van der Waals surface area (Å²) in [6.45, 7) is 2.02. The molecule has 3 nitrogen and oxygen atoms in total. The Labute approximate surface area is 146 Å². The molecule has 1 heterocycles. The summed E-state index contributed by atoms with van der Waals surface area (Å²) in [5, 5.41) is 0. The molecule has 0 amide bonds. The second-order valence-corrected chi connectivity index (χ2v) is 6.09. The lowest BCUT2D eigenvalue weighted by Gasteiger charge is -2.05. The van der Waals surface area contributed by atoms with Gasteiger partial charge in [0, 0.05) is 21.9 Å². The zero-order valence-electron chi connectivity index (χ0n) is 13.9. The summed E-state index contributed by atoms with van der Waals surface area (Å²) in [6.07, 6.45) is 0. The molecule has 122 valence electrons. The first-order chi connectivity index (χ1) is 12.3. The number of carbonyl (C=O) groups excluding carboxylic acids is 1. The summed E-state index contributed by atoms with van der Waals surface area (Å²) in [4.78, 5) is 18.5. The maximum absolute atomic E-state index is 12.8. The van der Waals surface area contributed by atoms with Crippen molar-refractivity contribution in [2.75, 3.05) is 0 Å². The maximum Gasteiger partial charge on any atom is 0.398 e. The van der Waals surface area contributed by atoms with Gasteiger partial charge in [-0.15, -0.1) is 0 Å². The number of aryl methyl sites for hydroxylation is 1. The third-order valence-corrected chi connectivity index (χ3v) is 4.45. The van der Waals surface area contributed by atoms with Crippen molar-refractivity contribution in [1.82, 2.24) is 0 Å². The van der Waals surface area contributed by atoms with Crippen molar-refractivity contribution in [3.8, 4) is 0 Å². The van der Waals surface area contributed by atoms with Crippen molar-refractivity contribution < 1.29 is 14.4 Å². The van der Waals surface area contributed by atoms with E-state index in [9.17, 15) is 4.79 Å². The molecule has 0 saturated heterocycles. The number of hydrogen-bond acceptors (Lipinski definition) is 2. The van der Waals surface area contributed by atoms with Crippen molar-refractivity contribution in [2.45, 2.75) is 12.8 Å². The van der Waals surface area contributed by atoms with E-state index < -0.39 is 5.92 Å². The monoisotopic (exact) mass is 328 g/mol. The van der Waals surface area contributed by atoms with Gasteiger partial charge in [0.15, 0.2) is 5.92 Å². The molecule has 3 heteroatoms. The van der Waals surface area contributed by atoms with E-state index in [1.807, 2.05) is 91.9 Å². The first-order valence-electron chi connectivity index (χ1n) is 8.30. The Morgan fingerprint density at radius 1 is 0.800 bits per heavy atom. The molecule has 0 N–H and O–H groups in total. The van der Waals surface area contributed by atoms with Gasteiger partial charge >= 0.3 is 5.97 Å². The molecule has 3 aromatic rings. The van der Waals surface area contributed by atoms with E-state index in [2.05, 4.69) is 0 Å². The lowest BCUT2D eigenvalue weighted by molar-refractivity contribution is -0.692. The molecule has 25 heavy (non-hydrogen) atoms. The average molecular weight is 328 g/mol. The average Bonchev–Trinajstić information content (AvgIpc) is 3.00. The number of benzene rings is 3. The Hall–Kier alpha value is -3.20. The van der Waals surface area contributed by atoms with Gasteiger partial charge in [0.05, 0.1) is 0 Å². The predicted molar refractivity (Wildman–Crippen MR) is 96.9 cm³/mol. The van der Waals surface area contributed by atoms with Crippen molar-refractivity contribution in [2.24, 2.45) is 0 Å². The van der Waals surface area contributed by atoms with E-state index in [0.717, 1.165) is 28.1 Å². The molecule has 0 fully saturated rings. The fourth-order valence-corrected chi connectivity index (χ4v) is 3.22. The lowest BCUT2D eigenvalue weighted by atomic mass is 9.90. The highest BCUT2D eigenvalue weighted by atomic mass is 16.7. The quantitative estimate of drug-likeness (QED) is 0.527. The third-order valence-electron chi connectivity index (χ3n) is 4.45. The van der Waals surface area contributed by atoms with Crippen molar-refractivity contribution >= 4 is 17.4 Å². The fraction of sp³-hybridized carbons (Fsp3) is 0.0909. The normalized spacial score (nSPS) is 16.8. The van der Waals surface area contributed by atoms with Gasteiger partial charge in [-0.3, -0.25) is 0 Å². The zero-order valence-corrected chi connectivity index (χ0v) is 13.9. The summed E-state index contributed by atoms with van der Waals surface area (Å²) in [6, 6.07) is 27.6. The van der Waals surface area contributed by atoms with Crippen LogP contribution in [0.4, 0.5) is 5.69 Å². The molecular formula is C22H18NO2+. The predicted octanol–water partition coefficient (Wildman–Crippen LogP) is 4.38. The number of para-hydroxylation sites is 1. The standard InChI is InChI=1S/C22H18NO2/c1-16-10-8-9-15-19(16)23-21(18-13-6-3-7-14-18)20(22(24)25-23)17-11-4-2-5-12-17/h2-15,20H,1H3/q+1. The number of carbonyl (C=O) groups is 1. The Morgan fingerprint density at radius 3 is 2.08 bits per heavy atom. The van der Waals surface area contributed by atoms with Crippen LogP contribution in [0.25, 0.3) is 0 Å². The molecule has 0 spiro atoms. The van der Waals surface area contributed by atoms with Crippen LogP contribution in [0.15, 0.2) is 84.9 Å². The summed E-state index contributed by atoms with van der Waals surface area (Å²) in [5.74, 6) is -0.698. The molecule has 0 radical (unpaired) electrons. The van der Waals surface area contributed by atoms with E-state index in [-0.39, 0.29) is 5.97 Å². The van der Waals surface area contributed by atoms with Crippen LogP contribution in [0.1, 0.15) is 22.6 Å². The Kier molecular flexibility index (Phi) is 3.90. The molecule has 0 aliphatic carbocycles. The first-order valence-corrected chi connectivity index (χ1v) is 8.30. The summed E-state index contributed by atoms with van der Waals surface area (Å²) in [7, 11) is 0. The molecule has 4 rings (SSSR count). The highest BCUT2D eigenvalue weighted by Gasteiger charge is 2.47. The minimum absolute atomic E-state index is 0.256. The van der Waals surface area contributed by atoms with Crippen molar-refractivity contribution in [1.29, 1.82) is 0 Å². The van der Waals surface area contributed by atoms with Gasteiger partial charge in [0.25, 0.3) is 11.4 Å². The number of rotatable bonds is 3. The van der Waals surface area contributed by atoms with Gasteiger partial charge in [-0.05, 0) is 24.6 Å². The summed E-state index contributed by atoms with van der Waals surface area (Å²) >= 11 is 0. The third kappa shape index (κ3) is 2.74. The van der Waals surface area contributed by atoms with E-state index >= 15 is 0 Å². The van der Waals surface area contributed by atoms with E-state index in [1.54, 1.807) is 4.74 Å². The molecule has 1 atom stereocenters. The minimum Gasteiger partial charge on any atom is -0.243 e. The van der Waals surface area contributed by atoms with Gasteiger partial charge < -0.3 is 0 Å².